The zero-order valence-electron chi connectivity index (χ0n) is 15.4. The van der Waals surface area contributed by atoms with Crippen molar-refractivity contribution in [2.75, 3.05) is 13.1 Å². The number of amides is 2. The van der Waals surface area contributed by atoms with Crippen LogP contribution in [0.1, 0.15) is 25.8 Å². The van der Waals surface area contributed by atoms with Gasteiger partial charge in [-0.25, -0.2) is 4.79 Å². The summed E-state index contributed by atoms with van der Waals surface area (Å²) in [5.74, 6) is 0.206. The minimum Gasteiger partial charge on any atom is -0.445 e. The number of alkyl carbamates (subject to hydrolysis) is 1. The van der Waals surface area contributed by atoms with Crippen LogP contribution in [0.4, 0.5) is 4.79 Å². The maximum absolute atomic E-state index is 13.0. The number of carbonyl (C=O) groups is 2. The lowest BCUT2D eigenvalue weighted by molar-refractivity contribution is -0.133. The highest BCUT2D eigenvalue weighted by atomic mass is 79.9. The molecule has 1 aromatic carbocycles. The summed E-state index contributed by atoms with van der Waals surface area (Å²) < 4.78 is 6.01. The summed E-state index contributed by atoms with van der Waals surface area (Å²) in [6, 6.07) is 8.81. The van der Waals surface area contributed by atoms with Crippen LogP contribution in [-0.2, 0) is 21.0 Å². The van der Waals surface area contributed by atoms with Crippen molar-refractivity contribution < 1.29 is 19.2 Å². The number of hydrogen-bond acceptors (Lipinski definition) is 5. The molecule has 3 rings (SSSR count). The van der Waals surface area contributed by atoms with Gasteiger partial charge in [-0.15, -0.1) is 0 Å². The van der Waals surface area contributed by atoms with Crippen LogP contribution in [0, 0.1) is 11.8 Å². The Hall–Kier alpha value is -2.09. The molecule has 27 heavy (non-hydrogen) atoms. The predicted octanol–water partition coefficient (Wildman–Crippen LogP) is 2.89. The first-order chi connectivity index (χ1) is 12.9. The third kappa shape index (κ3) is 5.00. The molecule has 7 nitrogen and oxygen atoms in total. The quantitative estimate of drug-likeness (QED) is 0.741. The molecule has 2 aliphatic rings. The van der Waals surface area contributed by atoms with Gasteiger partial charge in [-0.3, -0.25) is 4.79 Å². The summed E-state index contributed by atoms with van der Waals surface area (Å²) in [5, 5.41) is 6.65. The lowest BCUT2D eigenvalue weighted by Gasteiger charge is -2.25. The molecule has 2 unspecified atom stereocenters. The molecule has 1 N–H and O–H groups in total. The van der Waals surface area contributed by atoms with E-state index in [0.717, 1.165) is 10.2 Å². The molecule has 2 aliphatic heterocycles. The zero-order valence-corrected chi connectivity index (χ0v) is 17.0. The average molecular weight is 438 g/mol. The van der Waals surface area contributed by atoms with E-state index >= 15 is 0 Å². The van der Waals surface area contributed by atoms with Crippen LogP contribution in [0.2, 0.25) is 0 Å². The lowest BCUT2D eigenvalue weighted by Crippen LogP contribution is -2.49. The second kappa shape index (κ2) is 8.73. The largest absolute Gasteiger partial charge is 0.445 e. The third-order valence-corrected chi connectivity index (χ3v) is 5.40. The van der Waals surface area contributed by atoms with E-state index in [0.29, 0.717) is 19.5 Å². The van der Waals surface area contributed by atoms with Crippen molar-refractivity contribution in [3.05, 3.63) is 35.9 Å². The first-order valence-electron chi connectivity index (χ1n) is 9.09. The molecule has 0 bridgehead atoms. The Morgan fingerprint density at radius 3 is 2.74 bits per heavy atom. The number of nitrogens with zero attached hydrogens (tertiary/aromatic N) is 2. The molecule has 1 fully saturated rings. The predicted molar refractivity (Wildman–Crippen MR) is 104 cm³/mol. The van der Waals surface area contributed by atoms with Gasteiger partial charge in [0, 0.05) is 6.54 Å². The standard InChI is InChI=1S/C19H24BrN3O4/c1-12(2)8-15(21-19(25)26-11-13-6-4-3-5-7-13)18(24)23-9-14-16(10-23)27-22-17(14)20/h3-7,12,14-16H,8-11H2,1-2H3,(H,21,25)/t14?,15-,16?/m0/s1. The molecule has 8 heteroatoms. The summed E-state index contributed by atoms with van der Waals surface area (Å²) in [6.07, 6.45) is -0.161. The fraction of sp³-hybridized carbons (Fsp3) is 0.526. The van der Waals surface area contributed by atoms with Crippen molar-refractivity contribution in [2.45, 2.75) is 39.0 Å². The molecule has 3 atom stereocenters. The number of benzene rings is 1. The number of ether oxygens (including phenoxy) is 1. The summed E-state index contributed by atoms with van der Waals surface area (Å²) >= 11 is 3.38. The highest BCUT2D eigenvalue weighted by Crippen LogP contribution is 2.30. The summed E-state index contributed by atoms with van der Waals surface area (Å²) in [7, 11) is 0. The molecule has 0 radical (unpaired) electrons. The lowest BCUT2D eigenvalue weighted by atomic mass is 10.0. The molecule has 1 saturated heterocycles. The molecule has 0 aromatic heterocycles. The van der Waals surface area contributed by atoms with Crippen molar-refractivity contribution in [1.29, 1.82) is 0 Å². The van der Waals surface area contributed by atoms with Gasteiger partial charge in [-0.1, -0.05) is 49.3 Å². The number of hydrogen-bond donors (Lipinski definition) is 1. The Kier molecular flexibility index (Phi) is 6.36. The number of nitrogens with one attached hydrogen (secondary N) is 1. The van der Waals surface area contributed by atoms with Crippen molar-refractivity contribution in [3.8, 4) is 0 Å². The second-order valence-electron chi connectivity index (χ2n) is 7.30. The zero-order chi connectivity index (χ0) is 19.4. The number of fused-ring (bicyclic) bond motifs is 1. The van der Waals surface area contributed by atoms with Crippen LogP contribution in [-0.4, -0.2) is 46.8 Å². The van der Waals surface area contributed by atoms with Crippen LogP contribution < -0.4 is 5.32 Å². The van der Waals surface area contributed by atoms with E-state index in [1.54, 1.807) is 4.90 Å². The van der Waals surface area contributed by atoms with Crippen LogP contribution >= 0.6 is 15.9 Å². The van der Waals surface area contributed by atoms with Gasteiger partial charge < -0.3 is 19.8 Å². The second-order valence-corrected chi connectivity index (χ2v) is 8.11. The summed E-state index contributed by atoms with van der Waals surface area (Å²) in [5.41, 5.74) is 0.896. The summed E-state index contributed by atoms with van der Waals surface area (Å²) in [4.78, 5) is 32.3. The van der Waals surface area contributed by atoms with E-state index in [9.17, 15) is 9.59 Å². The van der Waals surface area contributed by atoms with Gasteiger partial charge in [0.15, 0.2) is 6.10 Å². The maximum atomic E-state index is 13.0. The Balaban J connectivity index is 1.57. The highest BCUT2D eigenvalue weighted by Gasteiger charge is 2.44. The van der Waals surface area contributed by atoms with Gasteiger partial charge in [-0.2, -0.15) is 0 Å². The van der Waals surface area contributed by atoms with E-state index in [-0.39, 0.29) is 30.5 Å². The molecule has 2 heterocycles. The third-order valence-electron chi connectivity index (χ3n) is 4.67. The van der Waals surface area contributed by atoms with Gasteiger partial charge in [0.05, 0.1) is 12.5 Å². The highest BCUT2D eigenvalue weighted by molar-refractivity contribution is 9.18. The Labute approximate surface area is 167 Å². The minimum atomic E-state index is -0.622. The number of halogens is 1. The van der Waals surface area contributed by atoms with Gasteiger partial charge in [0.25, 0.3) is 0 Å². The van der Waals surface area contributed by atoms with Crippen LogP contribution in [0.5, 0.6) is 0 Å². The van der Waals surface area contributed by atoms with E-state index < -0.39 is 12.1 Å². The molecule has 0 aliphatic carbocycles. The maximum Gasteiger partial charge on any atom is 0.408 e. The Bertz CT molecular complexity index is 710. The van der Waals surface area contributed by atoms with Crippen LogP contribution in [0.25, 0.3) is 0 Å². The van der Waals surface area contributed by atoms with Crippen LogP contribution in [0.3, 0.4) is 0 Å². The Morgan fingerprint density at radius 1 is 1.33 bits per heavy atom. The number of likely N-dealkylation sites (tertiary alicyclic amines) is 1. The number of rotatable bonds is 6. The van der Waals surface area contributed by atoms with Gasteiger partial charge >= 0.3 is 6.09 Å². The van der Waals surface area contributed by atoms with Gasteiger partial charge in [-0.05, 0) is 33.8 Å². The molecular weight excluding hydrogens is 414 g/mol. The van der Waals surface area contributed by atoms with Crippen molar-refractivity contribution >= 4 is 32.6 Å². The van der Waals surface area contributed by atoms with E-state index in [2.05, 4.69) is 26.4 Å². The van der Waals surface area contributed by atoms with E-state index in [1.807, 2.05) is 44.2 Å². The molecule has 146 valence electrons. The molecular formula is C19H24BrN3O4. The number of oxime groups is 1. The normalized spacial score (nSPS) is 22.1. The fourth-order valence-electron chi connectivity index (χ4n) is 3.30. The monoisotopic (exact) mass is 437 g/mol. The van der Waals surface area contributed by atoms with Crippen molar-refractivity contribution in [1.82, 2.24) is 10.2 Å². The SMILES string of the molecule is CC(C)C[C@H](NC(=O)OCc1ccccc1)C(=O)N1CC2ON=C(Br)C2C1. The van der Waals surface area contributed by atoms with Gasteiger partial charge in [0.2, 0.25) is 5.91 Å². The van der Waals surface area contributed by atoms with Crippen LogP contribution in [0.15, 0.2) is 35.5 Å². The first-order valence-corrected chi connectivity index (χ1v) is 9.88. The topological polar surface area (TPSA) is 80.2 Å². The summed E-state index contributed by atoms with van der Waals surface area (Å²) in [6.45, 7) is 5.20. The van der Waals surface area contributed by atoms with E-state index in [4.69, 9.17) is 9.57 Å². The average Bonchev–Trinajstić information content (AvgIpc) is 3.21. The Morgan fingerprint density at radius 2 is 2.07 bits per heavy atom. The molecule has 0 spiro atoms. The minimum absolute atomic E-state index is 0.0682. The van der Waals surface area contributed by atoms with E-state index in [1.165, 1.54) is 0 Å². The van der Waals surface area contributed by atoms with Crippen molar-refractivity contribution in [3.63, 3.8) is 0 Å². The first kappa shape index (κ1) is 19.7. The fourth-order valence-corrected chi connectivity index (χ4v) is 3.82. The van der Waals surface area contributed by atoms with Crippen molar-refractivity contribution in [2.24, 2.45) is 17.0 Å². The smallest absolute Gasteiger partial charge is 0.408 e. The molecule has 0 saturated carbocycles. The molecule has 1 aromatic rings. The molecule has 2 amide bonds. The van der Waals surface area contributed by atoms with Gasteiger partial charge in [0.1, 0.15) is 17.3 Å². The number of carbonyl (C=O) groups excluding carboxylic acids is 2.